The zero-order valence-corrected chi connectivity index (χ0v) is 11.3. The number of aryl methyl sites for hydroxylation is 1. The van der Waals surface area contributed by atoms with Crippen LogP contribution in [0.25, 0.3) is 0 Å². The van der Waals surface area contributed by atoms with Crippen LogP contribution in [0.15, 0.2) is 36.5 Å². The Labute approximate surface area is 121 Å². The fraction of sp³-hybridized carbons (Fsp3) is 0.250. The van der Waals surface area contributed by atoms with Crippen LogP contribution in [-0.4, -0.2) is 16.1 Å². The second-order valence-corrected chi connectivity index (χ2v) is 5.14. The van der Waals surface area contributed by atoms with Crippen molar-refractivity contribution in [2.24, 2.45) is 0 Å². The Bertz CT molecular complexity index is 688. The third-order valence-electron chi connectivity index (χ3n) is 3.73. The van der Waals surface area contributed by atoms with Crippen molar-refractivity contribution in [3.05, 3.63) is 59.2 Å². The van der Waals surface area contributed by atoms with Crippen molar-refractivity contribution in [3.8, 4) is 0 Å². The Morgan fingerprint density at radius 1 is 1.38 bits per heavy atom. The summed E-state index contributed by atoms with van der Waals surface area (Å²) in [5.74, 6) is -1.99. The number of carbonyl (C=O) groups is 1. The first-order chi connectivity index (χ1) is 10.1. The fourth-order valence-corrected chi connectivity index (χ4v) is 2.73. The molecule has 0 amide bonds. The van der Waals surface area contributed by atoms with Crippen molar-refractivity contribution in [1.29, 1.82) is 0 Å². The summed E-state index contributed by atoms with van der Waals surface area (Å²) in [5, 5.41) is 12.2. The lowest BCUT2D eigenvalue weighted by Gasteiger charge is -2.26. The molecule has 0 radical (unpaired) electrons. The predicted molar refractivity (Wildman–Crippen MR) is 76.9 cm³/mol. The molecule has 108 valence electrons. The summed E-state index contributed by atoms with van der Waals surface area (Å²) >= 11 is 0. The van der Waals surface area contributed by atoms with Crippen LogP contribution in [0.2, 0.25) is 0 Å². The number of nitrogens with one attached hydrogen (secondary N) is 1. The van der Waals surface area contributed by atoms with E-state index in [0.29, 0.717) is 5.69 Å². The van der Waals surface area contributed by atoms with Gasteiger partial charge in [-0.3, -0.25) is 4.98 Å². The normalized spacial score (nSPS) is 17.1. The van der Waals surface area contributed by atoms with E-state index in [9.17, 15) is 9.18 Å². The number of carboxylic acid groups (broad SMARTS) is 1. The molecule has 2 aromatic rings. The smallest absolute Gasteiger partial charge is 0.338 e. The summed E-state index contributed by atoms with van der Waals surface area (Å²) in [4.78, 5) is 15.4. The quantitative estimate of drug-likeness (QED) is 0.907. The summed E-state index contributed by atoms with van der Waals surface area (Å²) in [6.45, 7) is 0. The van der Waals surface area contributed by atoms with E-state index in [1.54, 1.807) is 12.3 Å². The number of halogens is 1. The molecule has 1 unspecified atom stereocenters. The molecule has 1 atom stereocenters. The maximum atomic E-state index is 13.4. The number of fused-ring (bicyclic) bond motifs is 1. The molecule has 0 saturated heterocycles. The van der Waals surface area contributed by atoms with Gasteiger partial charge in [0.25, 0.3) is 0 Å². The maximum absolute atomic E-state index is 13.4. The standard InChI is InChI=1S/C16H15FN2O2/c17-13-7-6-11(9-12(13)16(20)21)19-14-5-1-3-10-4-2-8-18-15(10)14/h2,4,6-9,14,19H,1,3,5H2,(H,20,21). The molecule has 21 heavy (non-hydrogen) atoms. The minimum Gasteiger partial charge on any atom is -0.478 e. The minimum atomic E-state index is -1.27. The number of pyridine rings is 1. The number of rotatable bonds is 3. The molecular formula is C16H15FN2O2. The summed E-state index contributed by atoms with van der Waals surface area (Å²) < 4.78 is 13.4. The van der Waals surface area contributed by atoms with Gasteiger partial charge in [0, 0.05) is 11.9 Å². The number of anilines is 1. The predicted octanol–water partition coefficient (Wildman–Crippen LogP) is 3.41. The van der Waals surface area contributed by atoms with Crippen molar-refractivity contribution in [2.45, 2.75) is 25.3 Å². The lowest BCUT2D eigenvalue weighted by molar-refractivity contribution is 0.0692. The monoisotopic (exact) mass is 286 g/mol. The molecule has 0 aliphatic heterocycles. The lowest BCUT2D eigenvalue weighted by Crippen LogP contribution is -2.19. The van der Waals surface area contributed by atoms with Gasteiger partial charge in [0.15, 0.2) is 0 Å². The number of carboxylic acids is 1. The molecule has 4 nitrogen and oxygen atoms in total. The van der Waals surface area contributed by atoms with Crippen LogP contribution in [-0.2, 0) is 6.42 Å². The first-order valence-corrected chi connectivity index (χ1v) is 6.88. The van der Waals surface area contributed by atoms with E-state index in [-0.39, 0.29) is 11.6 Å². The van der Waals surface area contributed by atoms with Crippen molar-refractivity contribution in [2.75, 3.05) is 5.32 Å². The summed E-state index contributed by atoms with van der Waals surface area (Å²) in [6.07, 6.45) is 4.73. The van der Waals surface area contributed by atoms with Crippen molar-refractivity contribution < 1.29 is 14.3 Å². The number of benzene rings is 1. The van der Waals surface area contributed by atoms with Gasteiger partial charge in [0.2, 0.25) is 0 Å². The van der Waals surface area contributed by atoms with E-state index < -0.39 is 11.8 Å². The van der Waals surface area contributed by atoms with Gasteiger partial charge < -0.3 is 10.4 Å². The molecule has 3 rings (SSSR count). The van der Waals surface area contributed by atoms with Gasteiger partial charge in [-0.15, -0.1) is 0 Å². The molecular weight excluding hydrogens is 271 g/mol. The average molecular weight is 286 g/mol. The Morgan fingerprint density at radius 2 is 2.24 bits per heavy atom. The third-order valence-corrected chi connectivity index (χ3v) is 3.73. The average Bonchev–Trinajstić information content (AvgIpc) is 2.49. The number of aromatic carboxylic acids is 1. The van der Waals surface area contributed by atoms with Crippen LogP contribution in [0, 0.1) is 5.82 Å². The van der Waals surface area contributed by atoms with E-state index in [4.69, 9.17) is 5.11 Å². The summed E-state index contributed by atoms with van der Waals surface area (Å²) in [7, 11) is 0. The highest BCUT2D eigenvalue weighted by molar-refractivity contribution is 5.89. The molecule has 0 saturated carbocycles. The molecule has 5 heteroatoms. The van der Waals surface area contributed by atoms with Crippen LogP contribution >= 0.6 is 0 Å². The summed E-state index contributed by atoms with van der Waals surface area (Å²) in [5.41, 5.74) is 2.47. The molecule has 1 aliphatic rings. The van der Waals surface area contributed by atoms with Crippen molar-refractivity contribution in [1.82, 2.24) is 4.98 Å². The Balaban J connectivity index is 1.88. The maximum Gasteiger partial charge on any atom is 0.338 e. The molecule has 2 N–H and O–H groups in total. The minimum absolute atomic E-state index is 0.0297. The van der Waals surface area contributed by atoms with E-state index in [1.807, 2.05) is 6.07 Å². The van der Waals surface area contributed by atoms with Gasteiger partial charge in [0.1, 0.15) is 5.82 Å². The molecule has 0 bridgehead atoms. The zero-order chi connectivity index (χ0) is 14.8. The largest absolute Gasteiger partial charge is 0.478 e. The first kappa shape index (κ1) is 13.5. The van der Waals surface area contributed by atoms with Gasteiger partial charge in [-0.25, -0.2) is 9.18 Å². The number of hydrogen-bond acceptors (Lipinski definition) is 3. The third kappa shape index (κ3) is 2.72. The summed E-state index contributed by atoms with van der Waals surface area (Å²) in [6, 6.07) is 8.06. The second kappa shape index (κ2) is 5.52. The highest BCUT2D eigenvalue weighted by Gasteiger charge is 2.21. The van der Waals surface area contributed by atoms with Crippen LogP contribution in [0.4, 0.5) is 10.1 Å². The van der Waals surface area contributed by atoms with Gasteiger partial charge in [0.05, 0.1) is 17.3 Å². The van der Waals surface area contributed by atoms with E-state index in [2.05, 4.69) is 16.4 Å². The van der Waals surface area contributed by atoms with Gasteiger partial charge in [-0.05, 0) is 49.1 Å². The van der Waals surface area contributed by atoms with Crippen LogP contribution in [0.5, 0.6) is 0 Å². The van der Waals surface area contributed by atoms with Crippen LogP contribution in [0.1, 0.15) is 40.5 Å². The highest BCUT2D eigenvalue weighted by atomic mass is 19.1. The first-order valence-electron chi connectivity index (χ1n) is 6.88. The van der Waals surface area contributed by atoms with E-state index >= 15 is 0 Å². The Kier molecular flexibility index (Phi) is 3.56. The Hall–Kier alpha value is -2.43. The zero-order valence-electron chi connectivity index (χ0n) is 11.3. The molecule has 1 aliphatic carbocycles. The second-order valence-electron chi connectivity index (χ2n) is 5.14. The fourth-order valence-electron chi connectivity index (χ4n) is 2.73. The Morgan fingerprint density at radius 3 is 3.05 bits per heavy atom. The van der Waals surface area contributed by atoms with E-state index in [0.717, 1.165) is 25.0 Å². The SMILES string of the molecule is O=C(O)c1cc(NC2CCCc3cccnc32)ccc1F. The lowest BCUT2D eigenvalue weighted by atomic mass is 9.91. The van der Waals surface area contributed by atoms with Gasteiger partial charge in [-0.1, -0.05) is 6.07 Å². The number of hydrogen-bond donors (Lipinski definition) is 2. The van der Waals surface area contributed by atoms with Crippen molar-refractivity contribution in [3.63, 3.8) is 0 Å². The highest BCUT2D eigenvalue weighted by Crippen LogP contribution is 2.31. The molecule has 1 aromatic heterocycles. The van der Waals surface area contributed by atoms with Crippen LogP contribution in [0.3, 0.4) is 0 Å². The van der Waals surface area contributed by atoms with E-state index in [1.165, 1.54) is 17.7 Å². The van der Waals surface area contributed by atoms with Crippen LogP contribution < -0.4 is 5.32 Å². The topological polar surface area (TPSA) is 62.2 Å². The molecule has 0 spiro atoms. The van der Waals surface area contributed by atoms with Gasteiger partial charge in [-0.2, -0.15) is 0 Å². The van der Waals surface area contributed by atoms with Crippen molar-refractivity contribution >= 4 is 11.7 Å². The number of nitrogens with zero attached hydrogens (tertiary/aromatic N) is 1. The molecule has 0 fully saturated rings. The molecule has 1 aromatic carbocycles. The van der Waals surface area contributed by atoms with Gasteiger partial charge >= 0.3 is 5.97 Å². The number of aromatic nitrogens is 1. The molecule has 1 heterocycles.